The highest BCUT2D eigenvalue weighted by Gasteiger charge is 2.51. The number of nitrogens with zero attached hydrogens (tertiary/aromatic N) is 1. The predicted molar refractivity (Wildman–Crippen MR) is 120 cm³/mol. The number of carbonyl (C=O) groups excluding carboxylic acids is 2. The fourth-order valence-corrected chi connectivity index (χ4v) is 7.49. The molecule has 5 fully saturated rings. The molecule has 0 aromatic heterocycles. The third-order valence-corrected chi connectivity index (χ3v) is 8.67. The summed E-state index contributed by atoms with van der Waals surface area (Å²) in [6, 6.07) is 3.09. The van der Waals surface area contributed by atoms with E-state index in [0.29, 0.717) is 31.2 Å². The maximum atomic E-state index is 15.2. The molecule has 0 unspecified atom stereocenters. The summed E-state index contributed by atoms with van der Waals surface area (Å²) in [5, 5.41) is 0. The van der Waals surface area contributed by atoms with Crippen LogP contribution < -0.4 is 4.74 Å². The molecular weight excluding hydrogens is 421 g/mol. The summed E-state index contributed by atoms with van der Waals surface area (Å²) < 4.78 is 26.4. The predicted octanol–water partition coefficient (Wildman–Crippen LogP) is 5.20. The maximum absolute atomic E-state index is 15.2. The van der Waals surface area contributed by atoms with E-state index in [-0.39, 0.29) is 16.7 Å². The van der Waals surface area contributed by atoms with Crippen LogP contribution in [0.15, 0.2) is 23.9 Å². The highest BCUT2D eigenvalue weighted by atomic mass is 19.1. The van der Waals surface area contributed by atoms with Crippen LogP contribution in [0.3, 0.4) is 0 Å². The number of carbonyl (C=O) groups is 2. The molecule has 0 spiro atoms. The molecule has 6 heteroatoms. The molecular formula is C27H32FNO4. The third-order valence-electron chi connectivity index (χ3n) is 8.67. The lowest BCUT2D eigenvalue weighted by Gasteiger charge is -2.56. The van der Waals surface area contributed by atoms with E-state index in [1.165, 1.54) is 56.6 Å². The Bertz CT molecular complexity index is 992. The summed E-state index contributed by atoms with van der Waals surface area (Å²) in [7, 11) is 1.28. The van der Waals surface area contributed by atoms with Crippen molar-refractivity contribution in [3.8, 4) is 5.75 Å². The molecule has 1 aromatic carbocycles. The minimum atomic E-state index is -0.582. The molecule has 0 radical (unpaired) electrons. The first-order valence-electron chi connectivity index (χ1n) is 12.5. The van der Waals surface area contributed by atoms with Crippen molar-refractivity contribution in [1.29, 1.82) is 0 Å². The van der Waals surface area contributed by atoms with Crippen molar-refractivity contribution in [3.63, 3.8) is 0 Å². The molecule has 1 heterocycles. The van der Waals surface area contributed by atoms with Gasteiger partial charge in [0.15, 0.2) is 0 Å². The standard InChI is InChI=1S/C27H32FNO4/c1-32-26(31)23-3-2-6-29(23)25(30)21-10-20(19-4-5-19)24(11-22(21)28)33-15-27-12-16-7-17(13-27)9-18(8-16)14-27/h3,10-11,16-19H,2,4-9,12-15H2,1H3. The van der Waals surface area contributed by atoms with Crippen LogP contribution in [0.2, 0.25) is 0 Å². The molecule has 0 atom stereocenters. The molecule has 1 aromatic rings. The number of methoxy groups -OCH3 is 1. The SMILES string of the molecule is COC(=O)C1=CCCN1C(=O)c1cc(C2CC2)c(OCC23CC4CC(CC(C4)C2)C3)cc1F. The van der Waals surface area contributed by atoms with Crippen molar-refractivity contribution in [3.05, 3.63) is 40.8 Å². The summed E-state index contributed by atoms with van der Waals surface area (Å²) in [6.45, 7) is 1.01. The fraction of sp³-hybridized carbons (Fsp3) is 0.630. The van der Waals surface area contributed by atoms with Gasteiger partial charge in [-0.1, -0.05) is 6.08 Å². The molecule has 0 saturated heterocycles. The zero-order chi connectivity index (χ0) is 22.7. The zero-order valence-corrected chi connectivity index (χ0v) is 19.3. The van der Waals surface area contributed by atoms with Gasteiger partial charge >= 0.3 is 5.97 Å². The molecule has 176 valence electrons. The Morgan fingerprint density at radius 1 is 1.09 bits per heavy atom. The quantitative estimate of drug-likeness (QED) is 0.556. The van der Waals surface area contributed by atoms with Gasteiger partial charge in [0.25, 0.3) is 5.91 Å². The summed E-state index contributed by atoms with van der Waals surface area (Å²) in [6.07, 6.45) is 12.2. The molecule has 5 nitrogen and oxygen atoms in total. The number of hydrogen-bond donors (Lipinski definition) is 0. The van der Waals surface area contributed by atoms with Gasteiger partial charge in [-0.05, 0) is 93.1 Å². The number of ether oxygens (including phenoxy) is 2. The third kappa shape index (κ3) is 3.75. The topological polar surface area (TPSA) is 55.8 Å². The number of esters is 1. The average Bonchev–Trinajstić information content (AvgIpc) is 3.51. The summed E-state index contributed by atoms with van der Waals surface area (Å²) >= 11 is 0. The van der Waals surface area contributed by atoms with E-state index in [1.807, 2.05) is 0 Å². The van der Waals surface area contributed by atoms with Gasteiger partial charge in [-0.25, -0.2) is 9.18 Å². The Morgan fingerprint density at radius 3 is 2.36 bits per heavy atom. The van der Waals surface area contributed by atoms with Crippen LogP contribution in [0.4, 0.5) is 4.39 Å². The first-order chi connectivity index (χ1) is 15.9. The van der Waals surface area contributed by atoms with Crippen molar-refractivity contribution in [2.24, 2.45) is 23.2 Å². The maximum Gasteiger partial charge on any atom is 0.354 e. The van der Waals surface area contributed by atoms with Crippen LogP contribution in [-0.2, 0) is 9.53 Å². The van der Waals surface area contributed by atoms with Crippen molar-refractivity contribution >= 4 is 11.9 Å². The Hall–Kier alpha value is -2.37. The summed E-state index contributed by atoms with van der Waals surface area (Å²) in [4.78, 5) is 26.6. The molecule has 7 rings (SSSR count). The van der Waals surface area contributed by atoms with Crippen LogP contribution >= 0.6 is 0 Å². The van der Waals surface area contributed by atoms with Crippen molar-refractivity contribution < 1.29 is 23.5 Å². The highest BCUT2D eigenvalue weighted by Crippen LogP contribution is 2.60. The number of amides is 1. The van der Waals surface area contributed by atoms with Gasteiger partial charge in [0, 0.05) is 18.0 Å². The second-order valence-corrected chi connectivity index (χ2v) is 11.2. The first-order valence-corrected chi connectivity index (χ1v) is 12.5. The van der Waals surface area contributed by atoms with Gasteiger partial charge in [-0.15, -0.1) is 0 Å². The molecule has 6 aliphatic rings. The molecule has 1 amide bonds. The van der Waals surface area contributed by atoms with Gasteiger partial charge in [0.2, 0.25) is 0 Å². The number of rotatable bonds is 6. The van der Waals surface area contributed by atoms with Crippen molar-refractivity contribution in [1.82, 2.24) is 4.90 Å². The molecule has 5 saturated carbocycles. The van der Waals surface area contributed by atoms with E-state index < -0.39 is 17.7 Å². The fourth-order valence-electron chi connectivity index (χ4n) is 7.49. The molecule has 33 heavy (non-hydrogen) atoms. The second kappa shape index (κ2) is 7.85. The van der Waals surface area contributed by atoms with Gasteiger partial charge in [0.05, 0.1) is 19.3 Å². The monoisotopic (exact) mass is 453 g/mol. The Morgan fingerprint density at radius 2 is 1.76 bits per heavy atom. The van der Waals surface area contributed by atoms with Crippen molar-refractivity contribution in [2.75, 3.05) is 20.3 Å². The molecule has 4 bridgehead atoms. The van der Waals surface area contributed by atoms with Gasteiger partial charge in [-0.3, -0.25) is 4.79 Å². The van der Waals surface area contributed by atoms with Crippen LogP contribution in [0.1, 0.15) is 79.6 Å². The van der Waals surface area contributed by atoms with E-state index in [0.717, 1.165) is 36.2 Å². The number of hydrogen-bond acceptors (Lipinski definition) is 4. The van der Waals surface area contributed by atoms with Gasteiger partial charge < -0.3 is 14.4 Å². The molecule has 5 aliphatic carbocycles. The Labute approximate surface area is 194 Å². The van der Waals surface area contributed by atoms with Crippen molar-refractivity contribution in [2.45, 2.75) is 63.7 Å². The summed E-state index contributed by atoms with van der Waals surface area (Å²) in [5.41, 5.74) is 1.39. The molecule has 0 N–H and O–H groups in total. The van der Waals surface area contributed by atoms with E-state index in [9.17, 15) is 9.59 Å². The number of benzene rings is 1. The smallest absolute Gasteiger partial charge is 0.354 e. The van der Waals surface area contributed by atoms with Gasteiger partial charge in [-0.2, -0.15) is 0 Å². The van der Waals surface area contributed by atoms with E-state index in [2.05, 4.69) is 0 Å². The van der Waals surface area contributed by atoms with Gasteiger partial charge in [0.1, 0.15) is 17.3 Å². The highest BCUT2D eigenvalue weighted by molar-refractivity contribution is 6.02. The van der Waals surface area contributed by atoms with E-state index >= 15 is 4.39 Å². The van der Waals surface area contributed by atoms with Crippen LogP contribution in [-0.4, -0.2) is 37.0 Å². The number of halogens is 1. The summed E-state index contributed by atoms with van der Waals surface area (Å²) in [5.74, 6) is 1.81. The van der Waals surface area contributed by atoms with Crippen LogP contribution in [0.25, 0.3) is 0 Å². The van der Waals surface area contributed by atoms with Crippen LogP contribution in [0, 0.1) is 29.0 Å². The lowest BCUT2D eigenvalue weighted by molar-refractivity contribution is -0.137. The molecule has 1 aliphatic heterocycles. The average molecular weight is 454 g/mol. The van der Waals surface area contributed by atoms with Crippen LogP contribution in [0.5, 0.6) is 5.75 Å². The minimum absolute atomic E-state index is 0.00996. The van der Waals surface area contributed by atoms with E-state index in [1.54, 1.807) is 12.1 Å². The van der Waals surface area contributed by atoms with E-state index in [4.69, 9.17) is 9.47 Å². The Balaban J connectivity index is 1.24. The largest absolute Gasteiger partial charge is 0.493 e. The lowest BCUT2D eigenvalue weighted by atomic mass is 9.50. The lowest BCUT2D eigenvalue weighted by Crippen LogP contribution is -2.48. The Kier molecular flexibility index (Phi) is 5.04. The zero-order valence-electron chi connectivity index (χ0n) is 19.3. The second-order valence-electron chi connectivity index (χ2n) is 11.2. The first kappa shape index (κ1) is 21.2. The normalized spacial score (nSPS) is 32.1. The minimum Gasteiger partial charge on any atom is -0.493 e.